The Morgan fingerprint density at radius 2 is 1.93 bits per heavy atom. The maximum absolute atomic E-state index is 5.92. The summed E-state index contributed by atoms with van der Waals surface area (Å²) < 4.78 is 13.1. The number of quaternary nitrogens is 1. The van der Waals surface area contributed by atoms with Crippen molar-refractivity contribution in [2.24, 2.45) is 7.05 Å². The third-order valence-corrected chi connectivity index (χ3v) is 5.31. The van der Waals surface area contributed by atoms with Gasteiger partial charge in [-0.3, -0.25) is 0 Å². The van der Waals surface area contributed by atoms with E-state index in [1.54, 1.807) is 23.6 Å². The van der Waals surface area contributed by atoms with Gasteiger partial charge in [-0.05, 0) is 34.2 Å². The number of aromatic nitrogens is 4. The maximum atomic E-state index is 5.92. The summed E-state index contributed by atoms with van der Waals surface area (Å²) in [6.07, 6.45) is 1.09. The highest BCUT2D eigenvalue weighted by Crippen LogP contribution is 2.28. The van der Waals surface area contributed by atoms with Crippen molar-refractivity contribution in [2.45, 2.75) is 24.7 Å². The van der Waals surface area contributed by atoms with Crippen molar-refractivity contribution >= 4 is 11.8 Å². The van der Waals surface area contributed by atoms with E-state index < -0.39 is 0 Å². The van der Waals surface area contributed by atoms with Gasteiger partial charge in [0.15, 0.2) is 11.5 Å². The number of nitrogens with two attached hydrogens (primary N) is 1. The molecular formula is C20H26N5O2S+. The van der Waals surface area contributed by atoms with Gasteiger partial charge in [0.2, 0.25) is 5.16 Å². The van der Waals surface area contributed by atoms with Crippen molar-refractivity contribution < 1.29 is 14.8 Å². The van der Waals surface area contributed by atoms with Crippen molar-refractivity contribution in [3.8, 4) is 11.5 Å². The Morgan fingerprint density at radius 1 is 1.07 bits per heavy atom. The molecule has 148 valence electrons. The van der Waals surface area contributed by atoms with Crippen LogP contribution >= 0.6 is 11.8 Å². The molecule has 0 fully saturated rings. The van der Waals surface area contributed by atoms with Crippen LogP contribution < -0.4 is 14.8 Å². The van der Waals surface area contributed by atoms with E-state index in [2.05, 4.69) is 45.1 Å². The van der Waals surface area contributed by atoms with Gasteiger partial charge in [-0.1, -0.05) is 42.1 Å². The Bertz CT molecular complexity index is 857. The molecule has 0 unspecified atom stereocenters. The second-order valence-corrected chi connectivity index (χ2v) is 7.39. The number of nitrogens with zero attached hydrogens (tertiary/aromatic N) is 4. The summed E-state index contributed by atoms with van der Waals surface area (Å²) in [5.41, 5.74) is 2.35. The van der Waals surface area contributed by atoms with E-state index in [9.17, 15) is 0 Å². The summed E-state index contributed by atoms with van der Waals surface area (Å²) in [5, 5.41) is 14.6. The Kier molecular flexibility index (Phi) is 7.69. The number of hydrogen-bond donors (Lipinski definition) is 1. The van der Waals surface area contributed by atoms with Gasteiger partial charge in [0.25, 0.3) is 0 Å². The highest BCUT2D eigenvalue weighted by molar-refractivity contribution is 7.99. The van der Waals surface area contributed by atoms with Crippen LogP contribution in [-0.2, 0) is 20.2 Å². The van der Waals surface area contributed by atoms with Crippen LogP contribution in [0.4, 0.5) is 0 Å². The Hall–Kier alpha value is -2.58. The van der Waals surface area contributed by atoms with E-state index in [1.165, 1.54) is 5.56 Å². The molecule has 0 aliphatic carbocycles. The first-order chi connectivity index (χ1) is 13.8. The molecule has 0 aliphatic rings. The van der Waals surface area contributed by atoms with Crippen molar-refractivity contribution in [1.82, 2.24) is 20.2 Å². The summed E-state index contributed by atoms with van der Waals surface area (Å²) in [5.74, 6) is 2.54. The van der Waals surface area contributed by atoms with Gasteiger partial charge in [-0.25, -0.2) is 4.68 Å². The summed E-state index contributed by atoms with van der Waals surface area (Å²) in [6.45, 7) is 2.49. The number of ether oxygens (including phenoxy) is 2. The number of hydrogen-bond acceptors (Lipinski definition) is 6. The Labute approximate surface area is 169 Å². The fourth-order valence-electron chi connectivity index (χ4n) is 2.70. The smallest absolute Gasteiger partial charge is 0.209 e. The topological polar surface area (TPSA) is 78.7 Å². The van der Waals surface area contributed by atoms with Gasteiger partial charge in [0, 0.05) is 24.8 Å². The summed E-state index contributed by atoms with van der Waals surface area (Å²) >= 11 is 1.68. The lowest BCUT2D eigenvalue weighted by molar-refractivity contribution is -0.670. The zero-order valence-electron chi connectivity index (χ0n) is 16.2. The maximum Gasteiger partial charge on any atom is 0.209 e. The van der Waals surface area contributed by atoms with Crippen LogP contribution in [0.3, 0.4) is 0 Å². The molecule has 0 spiro atoms. The lowest BCUT2D eigenvalue weighted by Gasteiger charge is -2.12. The first kappa shape index (κ1) is 20.2. The van der Waals surface area contributed by atoms with Crippen LogP contribution in [0.1, 0.15) is 17.5 Å². The minimum atomic E-state index is 0.529. The number of benzene rings is 2. The molecule has 1 heterocycles. The first-order valence-electron chi connectivity index (χ1n) is 9.26. The van der Waals surface area contributed by atoms with Crippen molar-refractivity contribution in [1.29, 1.82) is 0 Å². The number of thioether (sulfide) groups is 1. The van der Waals surface area contributed by atoms with Crippen LogP contribution in [0.15, 0.2) is 53.7 Å². The van der Waals surface area contributed by atoms with Crippen LogP contribution in [0.25, 0.3) is 0 Å². The monoisotopic (exact) mass is 400 g/mol. The van der Waals surface area contributed by atoms with Gasteiger partial charge < -0.3 is 14.8 Å². The molecule has 0 aliphatic heterocycles. The number of aryl methyl sites for hydroxylation is 1. The molecule has 0 saturated carbocycles. The van der Waals surface area contributed by atoms with E-state index in [1.807, 2.05) is 31.3 Å². The first-order valence-corrected chi connectivity index (χ1v) is 10.3. The number of tetrazole rings is 1. The van der Waals surface area contributed by atoms with Gasteiger partial charge in [0.1, 0.15) is 13.2 Å². The Morgan fingerprint density at radius 3 is 2.68 bits per heavy atom. The van der Waals surface area contributed by atoms with Gasteiger partial charge in [-0.15, -0.1) is 5.10 Å². The van der Waals surface area contributed by atoms with E-state index in [4.69, 9.17) is 9.47 Å². The molecule has 0 amide bonds. The average Bonchev–Trinajstić information content (AvgIpc) is 3.14. The molecule has 0 saturated heterocycles. The highest BCUT2D eigenvalue weighted by atomic mass is 32.2. The van der Waals surface area contributed by atoms with Crippen LogP contribution in [-0.4, -0.2) is 39.6 Å². The minimum Gasteiger partial charge on any atom is -0.493 e. The summed E-state index contributed by atoms with van der Waals surface area (Å²) in [6, 6.07) is 16.3. The molecule has 0 atom stereocenters. The van der Waals surface area contributed by atoms with Crippen molar-refractivity contribution in [3.05, 3.63) is 59.7 Å². The van der Waals surface area contributed by atoms with Gasteiger partial charge in [-0.2, -0.15) is 0 Å². The number of rotatable bonds is 11. The molecule has 8 heteroatoms. The standard InChI is InChI=1S/C20H25N5O2S/c1-25-20(22-23-24-25)28-12-6-11-21-14-17-9-10-18(19(13-17)26-2)27-15-16-7-4-3-5-8-16/h3-5,7-10,13,21H,6,11-12,14-15H2,1-2H3/p+1. The van der Waals surface area contributed by atoms with E-state index in [0.29, 0.717) is 6.61 Å². The fourth-order valence-corrected chi connectivity index (χ4v) is 3.51. The van der Waals surface area contributed by atoms with E-state index in [0.717, 1.165) is 47.5 Å². The molecular weight excluding hydrogens is 374 g/mol. The van der Waals surface area contributed by atoms with Crippen LogP contribution in [0.2, 0.25) is 0 Å². The van der Waals surface area contributed by atoms with Gasteiger partial charge in [0.05, 0.1) is 13.7 Å². The van der Waals surface area contributed by atoms with Crippen LogP contribution in [0.5, 0.6) is 11.5 Å². The van der Waals surface area contributed by atoms with E-state index >= 15 is 0 Å². The SMILES string of the molecule is COc1cc(C[NH2+]CCCSc2nnnn2C)ccc1OCc1ccccc1. The van der Waals surface area contributed by atoms with Crippen molar-refractivity contribution in [3.63, 3.8) is 0 Å². The molecule has 7 nitrogen and oxygen atoms in total. The fraction of sp³-hybridized carbons (Fsp3) is 0.350. The molecule has 3 aromatic rings. The lowest BCUT2D eigenvalue weighted by Crippen LogP contribution is -2.82. The molecule has 2 aromatic carbocycles. The predicted molar refractivity (Wildman–Crippen MR) is 108 cm³/mol. The quantitative estimate of drug-likeness (QED) is 0.392. The third kappa shape index (κ3) is 5.97. The molecule has 0 bridgehead atoms. The van der Waals surface area contributed by atoms with Crippen LogP contribution in [0, 0.1) is 0 Å². The second-order valence-electron chi connectivity index (χ2n) is 6.33. The minimum absolute atomic E-state index is 0.529. The predicted octanol–water partition coefficient (Wildman–Crippen LogP) is 2.04. The molecule has 28 heavy (non-hydrogen) atoms. The second kappa shape index (κ2) is 10.7. The third-order valence-electron chi connectivity index (χ3n) is 4.21. The van der Waals surface area contributed by atoms with E-state index in [-0.39, 0.29) is 0 Å². The Balaban J connectivity index is 1.41. The van der Waals surface area contributed by atoms with Crippen molar-refractivity contribution in [2.75, 3.05) is 19.4 Å². The lowest BCUT2D eigenvalue weighted by atomic mass is 10.2. The zero-order valence-corrected chi connectivity index (χ0v) is 17.1. The molecule has 2 N–H and O–H groups in total. The number of methoxy groups -OCH3 is 1. The molecule has 3 rings (SSSR count). The zero-order chi connectivity index (χ0) is 19.6. The highest BCUT2D eigenvalue weighted by Gasteiger charge is 2.08. The largest absolute Gasteiger partial charge is 0.493 e. The average molecular weight is 401 g/mol. The summed E-state index contributed by atoms with van der Waals surface area (Å²) in [4.78, 5) is 0. The molecule has 1 aromatic heterocycles. The summed E-state index contributed by atoms with van der Waals surface area (Å²) in [7, 11) is 3.53. The normalized spacial score (nSPS) is 10.8. The molecule has 0 radical (unpaired) electrons. The van der Waals surface area contributed by atoms with Gasteiger partial charge >= 0.3 is 0 Å².